The predicted octanol–water partition coefficient (Wildman–Crippen LogP) is 4.38. The van der Waals surface area contributed by atoms with E-state index in [9.17, 15) is 4.79 Å². The van der Waals surface area contributed by atoms with Gasteiger partial charge in [-0.2, -0.15) is 0 Å². The minimum absolute atomic E-state index is 0.335. The van der Waals surface area contributed by atoms with Crippen LogP contribution in [0.25, 0.3) is 0 Å². The molecule has 0 bridgehead atoms. The van der Waals surface area contributed by atoms with Crippen molar-refractivity contribution in [2.24, 2.45) is 0 Å². The summed E-state index contributed by atoms with van der Waals surface area (Å²) in [7, 11) is 4.48. The van der Waals surface area contributed by atoms with Crippen LogP contribution in [-0.4, -0.2) is 27.2 Å². The summed E-state index contributed by atoms with van der Waals surface area (Å²) in [5.74, 6) is 0.839. The molecule has 0 heterocycles. The van der Waals surface area contributed by atoms with Crippen molar-refractivity contribution in [3.63, 3.8) is 0 Å². The Morgan fingerprint density at radius 2 is 1.78 bits per heavy atom. The highest BCUT2D eigenvalue weighted by Crippen LogP contribution is 2.44. The van der Waals surface area contributed by atoms with Crippen molar-refractivity contribution in [2.75, 3.05) is 26.6 Å². The van der Waals surface area contributed by atoms with Crippen LogP contribution in [0.15, 0.2) is 34.8 Å². The zero-order valence-corrected chi connectivity index (χ0v) is 15.1. The number of methoxy groups -OCH3 is 3. The van der Waals surface area contributed by atoms with E-state index in [4.69, 9.17) is 25.8 Å². The first-order chi connectivity index (χ1) is 11.0. The molecule has 1 N–H and O–H groups in total. The van der Waals surface area contributed by atoms with E-state index in [-0.39, 0.29) is 5.91 Å². The number of nitrogens with one attached hydrogen (secondary N) is 1. The van der Waals surface area contributed by atoms with Crippen LogP contribution in [-0.2, 0) is 0 Å². The molecule has 5 nitrogen and oxygen atoms in total. The van der Waals surface area contributed by atoms with Crippen LogP contribution in [0.4, 0.5) is 5.69 Å². The molecule has 7 heteroatoms. The van der Waals surface area contributed by atoms with Crippen LogP contribution >= 0.6 is 27.5 Å². The Kier molecular flexibility index (Phi) is 5.74. The van der Waals surface area contributed by atoms with E-state index < -0.39 is 0 Å². The molecule has 0 saturated heterocycles. The molecule has 0 fully saturated rings. The van der Waals surface area contributed by atoms with Gasteiger partial charge in [0, 0.05) is 10.7 Å². The molecule has 0 aliphatic heterocycles. The molecule has 2 aromatic carbocycles. The monoisotopic (exact) mass is 399 g/mol. The highest BCUT2D eigenvalue weighted by atomic mass is 79.9. The van der Waals surface area contributed by atoms with E-state index in [2.05, 4.69) is 21.2 Å². The largest absolute Gasteiger partial charge is 0.493 e. The Balaban J connectivity index is 2.44. The lowest BCUT2D eigenvalue weighted by Gasteiger charge is -2.16. The van der Waals surface area contributed by atoms with Crippen LogP contribution in [0.1, 0.15) is 10.4 Å². The molecule has 122 valence electrons. The highest BCUT2D eigenvalue weighted by Gasteiger charge is 2.22. The third-order valence-corrected chi connectivity index (χ3v) is 4.12. The van der Waals surface area contributed by atoms with Gasteiger partial charge in [-0.05, 0) is 40.2 Å². The second kappa shape index (κ2) is 7.57. The summed E-state index contributed by atoms with van der Waals surface area (Å²) in [6.07, 6.45) is 0. The van der Waals surface area contributed by atoms with Crippen molar-refractivity contribution in [1.82, 2.24) is 0 Å². The summed E-state index contributed by atoms with van der Waals surface area (Å²) < 4.78 is 16.3. The van der Waals surface area contributed by atoms with Gasteiger partial charge in [0.05, 0.1) is 31.4 Å². The van der Waals surface area contributed by atoms with Gasteiger partial charge in [-0.3, -0.25) is 4.79 Å². The topological polar surface area (TPSA) is 56.8 Å². The number of carbonyl (C=O) groups is 1. The number of ether oxygens (including phenoxy) is 3. The fourth-order valence-corrected chi connectivity index (χ4v) is 2.88. The molecule has 0 aliphatic carbocycles. The fraction of sp³-hybridized carbons (Fsp3) is 0.188. The molecule has 0 spiro atoms. The van der Waals surface area contributed by atoms with E-state index in [1.807, 2.05) is 0 Å². The molecule has 0 aromatic heterocycles. The first-order valence-corrected chi connectivity index (χ1v) is 7.74. The number of carbonyl (C=O) groups excluding carboxylic acids is 1. The normalized spacial score (nSPS) is 10.1. The van der Waals surface area contributed by atoms with Crippen LogP contribution < -0.4 is 19.5 Å². The zero-order chi connectivity index (χ0) is 17.0. The van der Waals surface area contributed by atoms with Crippen LogP contribution in [0.3, 0.4) is 0 Å². The standard InChI is InChI=1S/C16H15BrClNO4/c1-21-12-8-11(13(17)15(23-3)14(12)22-2)16(20)19-10-6-4-5-9(18)7-10/h4-8H,1-3H3,(H,19,20). The van der Waals surface area contributed by atoms with Crippen molar-refractivity contribution >= 4 is 39.1 Å². The van der Waals surface area contributed by atoms with Gasteiger partial charge < -0.3 is 19.5 Å². The maximum absolute atomic E-state index is 12.5. The number of rotatable bonds is 5. The van der Waals surface area contributed by atoms with Gasteiger partial charge in [0.2, 0.25) is 5.75 Å². The summed E-state index contributed by atoms with van der Waals surface area (Å²) >= 11 is 9.30. The van der Waals surface area contributed by atoms with Crippen molar-refractivity contribution in [3.8, 4) is 17.2 Å². The van der Waals surface area contributed by atoms with Gasteiger partial charge in [0.15, 0.2) is 11.5 Å². The number of anilines is 1. The highest BCUT2D eigenvalue weighted by molar-refractivity contribution is 9.10. The summed E-state index contributed by atoms with van der Waals surface area (Å²) in [6, 6.07) is 8.46. The average Bonchev–Trinajstić information content (AvgIpc) is 2.54. The Morgan fingerprint density at radius 1 is 1.09 bits per heavy atom. The SMILES string of the molecule is COc1cc(C(=O)Nc2cccc(Cl)c2)c(Br)c(OC)c1OC. The van der Waals surface area contributed by atoms with Gasteiger partial charge >= 0.3 is 0 Å². The lowest BCUT2D eigenvalue weighted by Crippen LogP contribution is -2.13. The maximum Gasteiger partial charge on any atom is 0.257 e. The molecule has 2 rings (SSSR count). The van der Waals surface area contributed by atoms with Crippen LogP contribution in [0.2, 0.25) is 5.02 Å². The molecule has 0 radical (unpaired) electrons. The lowest BCUT2D eigenvalue weighted by molar-refractivity contribution is 0.102. The van der Waals surface area contributed by atoms with Crippen molar-refractivity contribution in [3.05, 3.63) is 45.4 Å². The number of hydrogen-bond acceptors (Lipinski definition) is 4. The van der Waals surface area contributed by atoms with Gasteiger partial charge in [-0.25, -0.2) is 0 Å². The molecule has 1 amide bonds. The molecule has 0 atom stereocenters. The Labute approximate surface area is 147 Å². The van der Waals surface area contributed by atoms with Gasteiger partial charge in [-0.15, -0.1) is 0 Å². The van der Waals surface area contributed by atoms with E-state index >= 15 is 0 Å². The minimum atomic E-state index is -0.335. The first-order valence-electron chi connectivity index (χ1n) is 6.57. The van der Waals surface area contributed by atoms with Gasteiger partial charge in [0.25, 0.3) is 5.91 Å². The minimum Gasteiger partial charge on any atom is -0.493 e. The number of halogens is 2. The summed E-state index contributed by atoms with van der Waals surface area (Å²) in [5.41, 5.74) is 0.933. The molecular formula is C16H15BrClNO4. The van der Waals surface area contributed by atoms with Crippen molar-refractivity contribution in [2.45, 2.75) is 0 Å². The Hall–Kier alpha value is -1.92. The van der Waals surface area contributed by atoms with Crippen LogP contribution in [0.5, 0.6) is 17.2 Å². The molecule has 0 unspecified atom stereocenters. The third kappa shape index (κ3) is 3.71. The van der Waals surface area contributed by atoms with Crippen molar-refractivity contribution < 1.29 is 19.0 Å². The molecule has 0 saturated carbocycles. The predicted molar refractivity (Wildman–Crippen MR) is 93.2 cm³/mol. The fourth-order valence-electron chi connectivity index (χ4n) is 2.05. The second-order valence-corrected chi connectivity index (χ2v) is 5.70. The summed E-state index contributed by atoms with van der Waals surface area (Å²) in [4.78, 5) is 12.5. The van der Waals surface area contributed by atoms with E-state index in [0.717, 1.165) is 0 Å². The molecular weight excluding hydrogens is 386 g/mol. The maximum atomic E-state index is 12.5. The van der Waals surface area contributed by atoms with Crippen LogP contribution in [0, 0.1) is 0 Å². The quantitative estimate of drug-likeness (QED) is 0.809. The third-order valence-electron chi connectivity index (χ3n) is 3.10. The van der Waals surface area contributed by atoms with Gasteiger partial charge in [-0.1, -0.05) is 17.7 Å². The molecule has 2 aromatic rings. The van der Waals surface area contributed by atoms with Crippen molar-refractivity contribution in [1.29, 1.82) is 0 Å². The number of amides is 1. The summed E-state index contributed by atoms with van der Waals surface area (Å²) in [6.45, 7) is 0. The van der Waals surface area contributed by atoms with E-state index in [0.29, 0.717) is 38.0 Å². The summed E-state index contributed by atoms with van der Waals surface area (Å²) in [5, 5.41) is 3.31. The Bertz CT molecular complexity index is 736. The molecule has 23 heavy (non-hydrogen) atoms. The average molecular weight is 401 g/mol. The van der Waals surface area contributed by atoms with E-state index in [1.165, 1.54) is 21.3 Å². The van der Waals surface area contributed by atoms with E-state index in [1.54, 1.807) is 30.3 Å². The number of hydrogen-bond donors (Lipinski definition) is 1. The zero-order valence-electron chi connectivity index (χ0n) is 12.8. The Morgan fingerprint density at radius 3 is 2.35 bits per heavy atom. The second-order valence-electron chi connectivity index (χ2n) is 4.47. The molecule has 0 aliphatic rings. The first kappa shape index (κ1) is 17.4. The smallest absolute Gasteiger partial charge is 0.257 e. The number of benzene rings is 2. The van der Waals surface area contributed by atoms with Gasteiger partial charge in [0.1, 0.15) is 0 Å². The lowest BCUT2D eigenvalue weighted by atomic mass is 10.1.